The number of methoxy groups -OCH3 is 1. The van der Waals surface area contributed by atoms with Gasteiger partial charge in [0.1, 0.15) is 11.5 Å². The second-order valence-corrected chi connectivity index (χ2v) is 5.38. The van der Waals surface area contributed by atoms with E-state index in [1.54, 1.807) is 31.4 Å². The zero-order valence-electron chi connectivity index (χ0n) is 13.1. The molecule has 2 rings (SSSR count). The summed E-state index contributed by atoms with van der Waals surface area (Å²) >= 11 is 0. The second kappa shape index (κ2) is 7.50. The minimum atomic E-state index is -0.178. The van der Waals surface area contributed by atoms with Crippen LogP contribution >= 0.6 is 0 Å². The van der Waals surface area contributed by atoms with E-state index in [9.17, 15) is 4.79 Å². The van der Waals surface area contributed by atoms with Crippen LogP contribution in [0.3, 0.4) is 0 Å². The molecule has 0 saturated heterocycles. The molecule has 0 unspecified atom stereocenters. The molecule has 0 aromatic heterocycles. The fourth-order valence-electron chi connectivity index (χ4n) is 1.89. The van der Waals surface area contributed by atoms with E-state index in [2.05, 4.69) is 19.2 Å². The van der Waals surface area contributed by atoms with E-state index in [4.69, 9.17) is 9.47 Å². The van der Waals surface area contributed by atoms with E-state index in [-0.39, 0.29) is 5.91 Å². The van der Waals surface area contributed by atoms with E-state index in [1.165, 1.54) is 0 Å². The number of hydrogen-bond acceptors (Lipinski definition) is 3. The summed E-state index contributed by atoms with van der Waals surface area (Å²) in [6, 6.07) is 14.4. The van der Waals surface area contributed by atoms with Crippen molar-refractivity contribution in [3.8, 4) is 11.5 Å². The summed E-state index contributed by atoms with van der Waals surface area (Å²) in [7, 11) is 1.59. The van der Waals surface area contributed by atoms with Crippen molar-refractivity contribution in [1.29, 1.82) is 0 Å². The number of para-hydroxylation sites is 2. The Bertz CT molecular complexity index is 620. The molecule has 4 nitrogen and oxygen atoms in total. The van der Waals surface area contributed by atoms with E-state index < -0.39 is 0 Å². The lowest BCUT2D eigenvalue weighted by atomic mass is 10.2. The lowest BCUT2D eigenvalue weighted by molar-refractivity contribution is 0.102. The van der Waals surface area contributed by atoms with Crippen LogP contribution in [0.25, 0.3) is 0 Å². The summed E-state index contributed by atoms with van der Waals surface area (Å²) in [5.41, 5.74) is 1.24. The average molecular weight is 299 g/mol. The first-order valence-electron chi connectivity index (χ1n) is 7.27. The van der Waals surface area contributed by atoms with Gasteiger partial charge >= 0.3 is 0 Å². The highest BCUT2D eigenvalue weighted by atomic mass is 16.5. The van der Waals surface area contributed by atoms with Crippen LogP contribution in [0.2, 0.25) is 0 Å². The Kier molecular flexibility index (Phi) is 5.42. The molecule has 0 aliphatic heterocycles. The van der Waals surface area contributed by atoms with E-state index in [0.29, 0.717) is 29.5 Å². The van der Waals surface area contributed by atoms with Crippen molar-refractivity contribution in [1.82, 2.24) is 0 Å². The number of carbonyl (C=O) groups excluding carboxylic acids is 1. The second-order valence-electron chi connectivity index (χ2n) is 5.38. The van der Waals surface area contributed by atoms with Gasteiger partial charge in [0, 0.05) is 5.56 Å². The zero-order valence-corrected chi connectivity index (χ0v) is 13.1. The Balaban J connectivity index is 2.10. The van der Waals surface area contributed by atoms with E-state index in [1.807, 2.05) is 24.3 Å². The Labute approximate surface area is 131 Å². The van der Waals surface area contributed by atoms with Crippen molar-refractivity contribution in [2.24, 2.45) is 5.92 Å². The highest BCUT2D eigenvalue weighted by Gasteiger charge is 2.10. The lowest BCUT2D eigenvalue weighted by Crippen LogP contribution is -2.13. The molecule has 0 atom stereocenters. The minimum Gasteiger partial charge on any atom is -0.497 e. The van der Waals surface area contributed by atoms with Crippen molar-refractivity contribution in [2.45, 2.75) is 13.8 Å². The molecule has 1 N–H and O–H groups in total. The molecule has 2 aromatic rings. The molecule has 22 heavy (non-hydrogen) atoms. The minimum absolute atomic E-state index is 0.178. The Morgan fingerprint density at radius 3 is 2.41 bits per heavy atom. The summed E-state index contributed by atoms with van der Waals surface area (Å²) in [5.74, 6) is 1.64. The molecule has 0 heterocycles. The summed E-state index contributed by atoms with van der Waals surface area (Å²) < 4.78 is 10.8. The first-order valence-corrected chi connectivity index (χ1v) is 7.27. The predicted octanol–water partition coefficient (Wildman–Crippen LogP) is 3.98. The van der Waals surface area contributed by atoms with Gasteiger partial charge in [-0.05, 0) is 42.3 Å². The molecular weight excluding hydrogens is 278 g/mol. The Morgan fingerprint density at radius 2 is 1.77 bits per heavy atom. The first-order chi connectivity index (χ1) is 10.6. The number of rotatable bonds is 6. The average Bonchev–Trinajstić information content (AvgIpc) is 2.54. The summed E-state index contributed by atoms with van der Waals surface area (Å²) in [4.78, 5) is 12.3. The topological polar surface area (TPSA) is 47.6 Å². The molecule has 1 amide bonds. The molecule has 4 heteroatoms. The third-order valence-corrected chi connectivity index (χ3v) is 3.06. The molecule has 0 aliphatic carbocycles. The Hall–Kier alpha value is -2.49. The van der Waals surface area contributed by atoms with Crippen LogP contribution in [0.4, 0.5) is 5.69 Å². The summed E-state index contributed by atoms with van der Waals surface area (Å²) in [6.45, 7) is 4.77. The van der Waals surface area contributed by atoms with Crippen LogP contribution < -0.4 is 14.8 Å². The van der Waals surface area contributed by atoms with Crippen LogP contribution in [0.5, 0.6) is 11.5 Å². The highest BCUT2D eigenvalue weighted by molar-refractivity contribution is 6.05. The summed E-state index contributed by atoms with van der Waals surface area (Å²) in [5, 5.41) is 2.88. The standard InChI is InChI=1S/C18H21NO3/c1-13(2)12-22-17-7-5-4-6-16(17)19-18(20)14-8-10-15(21-3)11-9-14/h4-11,13H,12H2,1-3H3,(H,19,20). The number of benzene rings is 2. The first kappa shape index (κ1) is 15.9. The van der Waals surface area contributed by atoms with Crippen molar-refractivity contribution >= 4 is 11.6 Å². The molecular formula is C18H21NO3. The van der Waals surface area contributed by atoms with Crippen molar-refractivity contribution in [3.05, 3.63) is 54.1 Å². The van der Waals surface area contributed by atoms with Gasteiger partial charge in [-0.15, -0.1) is 0 Å². The number of amides is 1. The molecule has 0 bridgehead atoms. The van der Waals surface area contributed by atoms with Crippen molar-refractivity contribution in [2.75, 3.05) is 19.0 Å². The smallest absolute Gasteiger partial charge is 0.255 e. The normalized spacial score (nSPS) is 10.4. The molecule has 2 aromatic carbocycles. The number of carbonyl (C=O) groups is 1. The number of hydrogen-bond donors (Lipinski definition) is 1. The molecule has 0 aliphatic rings. The predicted molar refractivity (Wildman–Crippen MR) is 87.7 cm³/mol. The van der Waals surface area contributed by atoms with Crippen molar-refractivity contribution < 1.29 is 14.3 Å². The van der Waals surface area contributed by atoms with Crippen LogP contribution in [-0.2, 0) is 0 Å². The third kappa shape index (κ3) is 4.25. The fourth-order valence-corrected chi connectivity index (χ4v) is 1.89. The quantitative estimate of drug-likeness (QED) is 0.877. The van der Waals surface area contributed by atoms with Gasteiger partial charge in [0.15, 0.2) is 0 Å². The zero-order chi connectivity index (χ0) is 15.9. The van der Waals surface area contributed by atoms with Crippen LogP contribution in [-0.4, -0.2) is 19.6 Å². The maximum Gasteiger partial charge on any atom is 0.255 e. The molecule has 0 radical (unpaired) electrons. The monoisotopic (exact) mass is 299 g/mol. The molecule has 0 saturated carbocycles. The fraction of sp³-hybridized carbons (Fsp3) is 0.278. The number of nitrogens with one attached hydrogen (secondary N) is 1. The number of anilines is 1. The van der Waals surface area contributed by atoms with Crippen molar-refractivity contribution in [3.63, 3.8) is 0 Å². The SMILES string of the molecule is COc1ccc(C(=O)Nc2ccccc2OCC(C)C)cc1. The van der Waals surface area contributed by atoms with E-state index in [0.717, 1.165) is 5.75 Å². The third-order valence-electron chi connectivity index (χ3n) is 3.06. The number of ether oxygens (including phenoxy) is 2. The van der Waals surface area contributed by atoms with Gasteiger partial charge < -0.3 is 14.8 Å². The Morgan fingerprint density at radius 1 is 1.09 bits per heavy atom. The van der Waals surface area contributed by atoms with Gasteiger partial charge in [0.25, 0.3) is 5.91 Å². The molecule has 0 fully saturated rings. The van der Waals surface area contributed by atoms with Gasteiger partial charge in [0.2, 0.25) is 0 Å². The maximum atomic E-state index is 12.3. The maximum absolute atomic E-state index is 12.3. The van der Waals surface area contributed by atoms with Gasteiger partial charge in [-0.1, -0.05) is 26.0 Å². The highest BCUT2D eigenvalue weighted by Crippen LogP contribution is 2.25. The van der Waals surface area contributed by atoms with E-state index >= 15 is 0 Å². The lowest BCUT2D eigenvalue weighted by Gasteiger charge is -2.14. The molecule has 116 valence electrons. The van der Waals surface area contributed by atoms with Gasteiger partial charge in [0.05, 0.1) is 19.4 Å². The van der Waals surface area contributed by atoms with Crippen LogP contribution in [0, 0.1) is 5.92 Å². The van der Waals surface area contributed by atoms with Gasteiger partial charge in [-0.2, -0.15) is 0 Å². The largest absolute Gasteiger partial charge is 0.497 e. The van der Waals surface area contributed by atoms with Gasteiger partial charge in [-0.25, -0.2) is 0 Å². The molecule has 0 spiro atoms. The van der Waals surface area contributed by atoms with Crippen LogP contribution in [0.1, 0.15) is 24.2 Å². The van der Waals surface area contributed by atoms with Crippen LogP contribution in [0.15, 0.2) is 48.5 Å². The van der Waals surface area contributed by atoms with Gasteiger partial charge in [-0.3, -0.25) is 4.79 Å². The summed E-state index contributed by atoms with van der Waals surface area (Å²) in [6.07, 6.45) is 0.